The fourth-order valence-corrected chi connectivity index (χ4v) is 4.69. The number of hydrogen-bond acceptors (Lipinski definition) is 3. The van der Waals surface area contributed by atoms with Crippen LogP contribution in [0.3, 0.4) is 0 Å². The molecule has 0 aliphatic carbocycles. The van der Waals surface area contributed by atoms with E-state index in [0.717, 1.165) is 69.5 Å². The molecule has 5 nitrogen and oxygen atoms in total. The van der Waals surface area contributed by atoms with Gasteiger partial charge < -0.3 is 10.0 Å². The third-order valence-electron chi connectivity index (χ3n) is 6.89. The van der Waals surface area contributed by atoms with Gasteiger partial charge in [0.25, 0.3) is 5.91 Å². The normalized spacial score (nSPS) is 14.2. The van der Waals surface area contributed by atoms with E-state index in [4.69, 9.17) is 5.11 Å². The maximum atomic E-state index is 13.0. The van der Waals surface area contributed by atoms with Crippen molar-refractivity contribution in [2.24, 2.45) is 0 Å². The summed E-state index contributed by atoms with van der Waals surface area (Å²) in [5.74, 6) is -0.678. The predicted octanol–water partition coefficient (Wildman–Crippen LogP) is 5.35. The minimum absolute atomic E-state index is 0.0712. The number of hydrogen-bond donors (Lipinski definition) is 1. The van der Waals surface area contributed by atoms with Crippen molar-refractivity contribution in [3.63, 3.8) is 0 Å². The van der Waals surface area contributed by atoms with Crippen LogP contribution in [0.2, 0.25) is 0 Å². The van der Waals surface area contributed by atoms with Gasteiger partial charge >= 0.3 is 5.97 Å². The zero-order chi connectivity index (χ0) is 25.9. The number of unbranched alkanes of at least 4 members (excludes halogenated alkanes) is 1. The molecule has 1 amide bonds. The van der Waals surface area contributed by atoms with Crippen LogP contribution < -0.4 is 0 Å². The molecule has 0 aromatic heterocycles. The molecule has 3 aromatic rings. The van der Waals surface area contributed by atoms with Crippen LogP contribution in [0.15, 0.2) is 84.9 Å². The van der Waals surface area contributed by atoms with Gasteiger partial charge in [-0.2, -0.15) is 0 Å². The van der Waals surface area contributed by atoms with Crippen molar-refractivity contribution in [2.45, 2.75) is 32.1 Å². The average Bonchev–Trinajstić information content (AvgIpc) is 2.93. The van der Waals surface area contributed by atoms with Gasteiger partial charge in [0.1, 0.15) is 0 Å². The first kappa shape index (κ1) is 26.4. The second kappa shape index (κ2) is 13.6. The number of carbonyl (C=O) groups is 2. The van der Waals surface area contributed by atoms with Gasteiger partial charge in [0.2, 0.25) is 0 Å². The van der Waals surface area contributed by atoms with Crippen LogP contribution in [0.5, 0.6) is 0 Å². The molecule has 1 aliphatic heterocycles. The van der Waals surface area contributed by atoms with Crippen LogP contribution in [0.1, 0.15) is 45.5 Å². The number of amides is 1. The molecule has 5 heteroatoms. The molecular weight excluding hydrogens is 460 g/mol. The van der Waals surface area contributed by atoms with Crippen molar-refractivity contribution in [2.75, 3.05) is 32.7 Å². The average molecular weight is 497 g/mol. The maximum Gasteiger partial charge on any atom is 0.307 e. The van der Waals surface area contributed by atoms with E-state index in [1.54, 1.807) is 0 Å². The molecule has 0 radical (unpaired) electrons. The Balaban J connectivity index is 1.15. The van der Waals surface area contributed by atoms with Crippen molar-refractivity contribution >= 4 is 18.0 Å². The third kappa shape index (κ3) is 8.43. The lowest BCUT2D eigenvalue weighted by Gasteiger charge is -2.34. The first-order chi connectivity index (χ1) is 18.1. The number of piperazine rings is 1. The smallest absolute Gasteiger partial charge is 0.307 e. The van der Waals surface area contributed by atoms with Gasteiger partial charge in [-0.3, -0.25) is 14.5 Å². The van der Waals surface area contributed by atoms with Crippen LogP contribution >= 0.6 is 0 Å². The summed E-state index contributed by atoms with van der Waals surface area (Å²) in [7, 11) is 0. The summed E-state index contributed by atoms with van der Waals surface area (Å²) in [4.78, 5) is 28.1. The van der Waals surface area contributed by atoms with Crippen molar-refractivity contribution in [3.8, 4) is 0 Å². The van der Waals surface area contributed by atoms with Gasteiger partial charge in [0.15, 0.2) is 0 Å². The Hall–Kier alpha value is -3.70. The fourth-order valence-electron chi connectivity index (χ4n) is 4.69. The van der Waals surface area contributed by atoms with E-state index in [9.17, 15) is 9.59 Å². The number of rotatable bonds is 11. The first-order valence-electron chi connectivity index (χ1n) is 13.2. The summed E-state index contributed by atoms with van der Waals surface area (Å²) >= 11 is 0. The molecule has 1 N–H and O–H groups in total. The summed E-state index contributed by atoms with van der Waals surface area (Å²) in [5, 5.41) is 8.87. The van der Waals surface area contributed by atoms with Gasteiger partial charge in [-0.15, -0.1) is 0 Å². The molecule has 0 atom stereocenters. The molecule has 0 bridgehead atoms. The van der Waals surface area contributed by atoms with E-state index in [1.807, 2.05) is 59.5 Å². The molecule has 1 fully saturated rings. The van der Waals surface area contributed by atoms with Gasteiger partial charge in [-0.25, -0.2) is 0 Å². The van der Waals surface area contributed by atoms with Gasteiger partial charge in [0.05, 0.1) is 6.42 Å². The molecule has 1 heterocycles. The summed E-state index contributed by atoms with van der Waals surface area (Å²) in [5.41, 5.74) is 5.31. The largest absolute Gasteiger partial charge is 0.481 e. The van der Waals surface area contributed by atoms with Crippen LogP contribution in [0.4, 0.5) is 0 Å². The van der Waals surface area contributed by atoms with Gasteiger partial charge in [-0.1, -0.05) is 78.9 Å². The van der Waals surface area contributed by atoms with E-state index in [2.05, 4.69) is 41.3 Å². The van der Waals surface area contributed by atoms with Crippen molar-refractivity contribution in [1.29, 1.82) is 0 Å². The van der Waals surface area contributed by atoms with Crippen molar-refractivity contribution in [1.82, 2.24) is 9.80 Å². The Kier molecular flexibility index (Phi) is 9.67. The zero-order valence-electron chi connectivity index (χ0n) is 21.4. The Labute approximate surface area is 220 Å². The molecule has 1 aliphatic rings. The van der Waals surface area contributed by atoms with Crippen LogP contribution in [0.25, 0.3) is 6.08 Å². The quantitative estimate of drug-likeness (QED) is 0.364. The second-order valence-electron chi connectivity index (χ2n) is 9.70. The van der Waals surface area contributed by atoms with E-state index < -0.39 is 5.97 Å². The fraction of sp³-hybridized carbons (Fsp3) is 0.312. The highest BCUT2D eigenvalue weighted by Crippen LogP contribution is 2.14. The van der Waals surface area contributed by atoms with Gasteiger partial charge in [-0.05, 0) is 60.1 Å². The lowest BCUT2D eigenvalue weighted by Crippen LogP contribution is -2.48. The molecule has 3 aromatic carbocycles. The number of aliphatic carboxylic acids is 1. The number of carbonyl (C=O) groups excluding carboxylic acids is 1. The minimum Gasteiger partial charge on any atom is -0.481 e. The van der Waals surface area contributed by atoms with E-state index in [-0.39, 0.29) is 12.3 Å². The standard InChI is InChI=1S/C32H36N2O3/c35-31(36)25-29-14-12-27(13-15-29)9-4-5-10-28-16-18-30(19-17-28)32(37)34-23-21-33(22-24-34)20-6-11-26-7-2-1-3-8-26/h1-3,6-8,11-19H,4-5,9-10,20-25H2,(H,35,36). The summed E-state index contributed by atoms with van der Waals surface area (Å²) in [6, 6.07) is 26.3. The Morgan fingerprint density at radius 3 is 1.89 bits per heavy atom. The second-order valence-corrected chi connectivity index (χ2v) is 9.70. The van der Waals surface area contributed by atoms with E-state index in [0.29, 0.717) is 0 Å². The van der Waals surface area contributed by atoms with Crippen LogP contribution in [-0.4, -0.2) is 59.5 Å². The first-order valence-corrected chi connectivity index (χ1v) is 13.2. The Morgan fingerprint density at radius 1 is 0.730 bits per heavy atom. The third-order valence-corrected chi connectivity index (χ3v) is 6.89. The molecule has 4 rings (SSSR count). The number of carboxylic acid groups (broad SMARTS) is 1. The molecular formula is C32H36N2O3. The van der Waals surface area contributed by atoms with E-state index >= 15 is 0 Å². The molecule has 1 saturated heterocycles. The highest BCUT2D eigenvalue weighted by Gasteiger charge is 2.21. The van der Waals surface area contributed by atoms with Crippen LogP contribution in [-0.2, 0) is 24.1 Å². The number of nitrogens with zero attached hydrogens (tertiary/aromatic N) is 2. The summed E-state index contributed by atoms with van der Waals surface area (Å²) in [6.45, 7) is 4.21. The maximum absolute atomic E-state index is 13.0. The lowest BCUT2D eigenvalue weighted by atomic mass is 10.0. The highest BCUT2D eigenvalue weighted by atomic mass is 16.4. The lowest BCUT2D eigenvalue weighted by molar-refractivity contribution is -0.136. The number of aryl methyl sites for hydroxylation is 2. The van der Waals surface area contributed by atoms with Crippen molar-refractivity contribution in [3.05, 3.63) is 113 Å². The minimum atomic E-state index is -0.800. The molecule has 0 unspecified atom stereocenters. The highest BCUT2D eigenvalue weighted by molar-refractivity contribution is 5.94. The van der Waals surface area contributed by atoms with Crippen molar-refractivity contribution < 1.29 is 14.7 Å². The topological polar surface area (TPSA) is 60.9 Å². The molecule has 0 spiro atoms. The Bertz CT molecular complexity index is 1160. The SMILES string of the molecule is O=C(O)Cc1ccc(CCCCc2ccc(C(=O)N3CCN(CC=Cc4ccccc4)CC3)cc2)cc1. The summed E-state index contributed by atoms with van der Waals surface area (Å²) < 4.78 is 0. The van der Waals surface area contributed by atoms with E-state index in [1.165, 1.54) is 16.7 Å². The number of benzene rings is 3. The number of carboxylic acids is 1. The molecule has 192 valence electrons. The molecule has 37 heavy (non-hydrogen) atoms. The summed E-state index contributed by atoms with van der Waals surface area (Å²) in [6.07, 6.45) is 8.54. The molecule has 0 saturated carbocycles. The predicted molar refractivity (Wildman–Crippen MR) is 149 cm³/mol. The van der Waals surface area contributed by atoms with Gasteiger partial charge in [0, 0.05) is 38.3 Å². The monoisotopic (exact) mass is 496 g/mol. The van der Waals surface area contributed by atoms with Crippen LogP contribution in [0, 0.1) is 0 Å². The Morgan fingerprint density at radius 2 is 1.30 bits per heavy atom. The zero-order valence-corrected chi connectivity index (χ0v) is 21.4.